The molecule has 5 nitrogen and oxygen atoms in total. The molecule has 0 atom stereocenters. The fourth-order valence-corrected chi connectivity index (χ4v) is 3.78. The molecule has 0 spiro atoms. The molecular formula is C22H23NO4S. The zero-order chi connectivity index (χ0) is 20.1. The molecule has 0 fully saturated rings. The van der Waals surface area contributed by atoms with Gasteiger partial charge >= 0.3 is 5.97 Å². The first-order chi connectivity index (χ1) is 13.5. The Balaban J connectivity index is 1.69. The molecule has 0 radical (unpaired) electrons. The van der Waals surface area contributed by atoms with Crippen LogP contribution in [0.15, 0.2) is 47.8 Å². The predicted octanol–water partition coefficient (Wildman–Crippen LogP) is 4.65. The number of carbonyl (C=O) groups excluding carboxylic acids is 2. The lowest BCUT2D eigenvalue weighted by Crippen LogP contribution is -2.16. The molecule has 2 aromatic heterocycles. The number of aryl methyl sites for hydroxylation is 1. The average Bonchev–Trinajstić information content (AvgIpc) is 3.30. The van der Waals surface area contributed by atoms with E-state index < -0.39 is 5.97 Å². The maximum absolute atomic E-state index is 12.7. The summed E-state index contributed by atoms with van der Waals surface area (Å²) in [6.07, 6.45) is 0. The maximum Gasteiger partial charge on any atom is 0.342 e. The lowest BCUT2D eigenvalue weighted by atomic mass is 10.1. The minimum Gasteiger partial charge on any atom is -0.493 e. The van der Waals surface area contributed by atoms with Gasteiger partial charge in [-0.1, -0.05) is 18.2 Å². The largest absolute Gasteiger partial charge is 0.493 e. The summed E-state index contributed by atoms with van der Waals surface area (Å²) in [4.78, 5) is 26.3. The van der Waals surface area contributed by atoms with Gasteiger partial charge in [-0.15, -0.1) is 11.3 Å². The smallest absolute Gasteiger partial charge is 0.342 e. The van der Waals surface area contributed by atoms with E-state index in [2.05, 4.69) is 10.6 Å². The van der Waals surface area contributed by atoms with Crippen LogP contribution in [0.4, 0.5) is 0 Å². The number of nitrogens with zero attached hydrogens (tertiary/aromatic N) is 1. The maximum atomic E-state index is 12.7. The summed E-state index contributed by atoms with van der Waals surface area (Å²) >= 11 is 1.68. The van der Waals surface area contributed by atoms with Gasteiger partial charge in [-0.2, -0.15) is 0 Å². The van der Waals surface area contributed by atoms with Gasteiger partial charge in [0.15, 0.2) is 6.61 Å². The van der Waals surface area contributed by atoms with Crippen LogP contribution >= 0.6 is 11.3 Å². The Morgan fingerprint density at radius 2 is 1.86 bits per heavy atom. The highest BCUT2D eigenvalue weighted by Gasteiger charge is 2.19. The van der Waals surface area contributed by atoms with Crippen molar-refractivity contribution in [1.29, 1.82) is 0 Å². The lowest BCUT2D eigenvalue weighted by Gasteiger charge is -2.10. The first-order valence-electron chi connectivity index (χ1n) is 9.12. The van der Waals surface area contributed by atoms with Crippen LogP contribution in [-0.2, 0) is 11.3 Å². The van der Waals surface area contributed by atoms with Crippen molar-refractivity contribution in [3.63, 3.8) is 0 Å². The van der Waals surface area contributed by atoms with Crippen LogP contribution in [0, 0.1) is 13.8 Å². The van der Waals surface area contributed by atoms with E-state index in [-0.39, 0.29) is 12.4 Å². The normalized spacial score (nSPS) is 10.7. The third-order valence-electron chi connectivity index (χ3n) is 4.51. The Bertz CT molecular complexity index is 973. The van der Waals surface area contributed by atoms with E-state index in [4.69, 9.17) is 9.47 Å². The van der Waals surface area contributed by atoms with Gasteiger partial charge in [0.2, 0.25) is 5.78 Å². The highest BCUT2D eigenvalue weighted by atomic mass is 32.1. The molecule has 0 aliphatic rings. The fraction of sp³-hybridized carbons (Fsp3) is 0.273. The summed E-state index contributed by atoms with van der Waals surface area (Å²) in [6.45, 7) is 6.60. The molecule has 0 bridgehead atoms. The van der Waals surface area contributed by atoms with Crippen LogP contribution in [0.1, 0.15) is 43.9 Å². The first kappa shape index (κ1) is 19.9. The molecule has 2 heterocycles. The molecule has 0 saturated carbocycles. The number of esters is 1. The second kappa shape index (κ2) is 8.89. The molecule has 0 unspecified atom stereocenters. The number of thiophene rings is 1. The van der Waals surface area contributed by atoms with Crippen molar-refractivity contribution in [3.8, 4) is 5.75 Å². The second-order valence-corrected chi connectivity index (χ2v) is 7.41. The van der Waals surface area contributed by atoms with Crippen molar-refractivity contribution >= 4 is 23.1 Å². The van der Waals surface area contributed by atoms with Gasteiger partial charge in [-0.05, 0) is 50.4 Å². The van der Waals surface area contributed by atoms with Crippen LogP contribution in [0.5, 0.6) is 5.75 Å². The van der Waals surface area contributed by atoms with Crippen LogP contribution < -0.4 is 4.74 Å². The van der Waals surface area contributed by atoms with Crippen molar-refractivity contribution in [1.82, 2.24) is 4.57 Å². The lowest BCUT2D eigenvalue weighted by molar-refractivity contribution is 0.0470. The highest BCUT2D eigenvalue weighted by Crippen LogP contribution is 2.21. The van der Waals surface area contributed by atoms with E-state index >= 15 is 0 Å². The van der Waals surface area contributed by atoms with E-state index in [1.165, 1.54) is 4.88 Å². The molecule has 6 heteroatoms. The number of benzene rings is 1. The molecule has 0 aliphatic carbocycles. The number of carbonyl (C=O) groups is 2. The van der Waals surface area contributed by atoms with Crippen LogP contribution in [0.3, 0.4) is 0 Å². The third kappa shape index (κ3) is 4.34. The molecular weight excluding hydrogens is 374 g/mol. The zero-order valence-electron chi connectivity index (χ0n) is 16.2. The number of para-hydroxylation sites is 1. The molecule has 0 amide bonds. The first-order valence-corrected chi connectivity index (χ1v) is 10.0. The van der Waals surface area contributed by atoms with Gasteiger partial charge in [-0.3, -0.25) is 4.79 Å². The molecule has 1 aromatic carbocycles. The standard InChI is InChI=1S/C22H23NO4S/c1-4-26-21-10-6-5-9-18(21)22(25)27-14-20(24)19-12-15(2)23(16(19)3)13-17-8-7-11-28-17/h5-12H,4,13-14H2,1-3H3. The summed E-state index contributed by atoms with van der Waals surface area (Å²) < 4.78 is 12.8. The van der Waals surface area contributed by atoms with Gasteiger partial charge in [0, 0.05) is 21.8 Å². The number of aromatic nitrogens is 1. The minimum atomic E-state index is -0.565. The second-order valence-electron chi connectivity index (χ2n) is 6.38. The number of ether oxygens (including phenoxy) is 2. The monoisotopic (exact) mass is 397 g/mol. The number of hydrogen-bond donors (Lipinski definition) is 0. The Morgan fingerprint density at radius 1 is 1.07 bits per heavy atom. The van der Waals surface area contributed by atoms with Crippen molar-refractivity contribution in [3.05, 3.63) is 75.2 Å². The summed E-state index contributed by atoms with van der Waals surface area (Å²) in [5, 5.41) is 2.04. The fourth-order valence-electron chi connectivity index (χ4n) is 3.09. The quantitative estimate of drug-likeness (QED) is 0.410. The predicted molar refractivity (Wildman–Crippen MR) is 110 cm³/mol. The topological polar surface area (TPSA) is 57.5 Å². The van der Waals surface area contributed by atoms with Crippen molar-refractivity contribution < 1.29 is 19.1 Å². The van der Waals surface area contributed by atoms with Crippen molar-refractivity contribution in [2.45, 2.75) is 27.3 Å². The summed E-state index contributed by atoms with van der Waals surface area (Å²) in [5.74, 6) is -0.325. The van der Waals surface area contributed by atoms with E-state index in [1.807, 2.05) is 38.3 Å². The van der Waals surface area contributed by atoms with Gasteiger partial charge < -0.3 is 14.0 Å². The van der Waals surface area contributed by atoms with Gasteiger partial charge in [0.25, 0.3) is 0 Å². The third-order valence-corrected chi connectivity index (χ3v) is 5.37. The number of ketones is 1. The zero-order valence-corrected chi connectivity index (χ0v) is 17.0. The molecule has 0 saturated heterocycles. The van der Waals surface area contributed by atoms with Crippen molar-refractivity contribution in [2.75, 3.05) is 13.2 Å². The van der Waals surface area contributed by atoms with E-state index in [9.17, 15) is 9.59 Å². The molecule has 0 N–H and O–H groups in total. The number of rotatable bonds is 8. The number of Topliss-reactive ketones (excluding diaryl/α,β-unsaturated/α-hetero) is 1. The van der Waals surface area contributed by atoms with E-state index in [1.54, 1.807) is 35.6 Å². The molecule has 28 heavy (non-hydrogen) atoms. The van der Waals surface area contributed by atoms with Crippen LogP contribution in [-0.4, -0.2) is 29.5 Å². The van der Waals surface area contributed by atoms with Gasteiger partial charge in [0.1, 0.15) is 11.3 Å². The Morgan fingerprint density at radius 3 is 2.57 bits per heavy atom. The number of hydrogen-bond acceptors (Lipinski definition) is 5. The molecule has 146 valence electrons. The summed E-state index contributed by atoms with van der Waals surface area (Å²) in [6, 6.07) is 12.8. The van der Waals surface area contributed by atoms with Gasteiger partial charge in [0.05, 0.1) is 13.2 Å². The highest BCUT2D eigenvalue weighted by molar-refractivity contribution is 7.09. The minimum absolute atomic E-state index is 0.215. The van der Waals surface area contributed by atoms with E-state index in [0.717, 1.165) is 17.9 Å². The summed E-state index contributed by atoms with van der Waals surface area (Å²) in [5.41, 5.74) is 2.78. The Kier molecular flexibility index (Phi) is 6.31. The van der Waals surface area contributed by atoms with E-state index in [0.29, 0.717) is 23.5 Å². The Labute approximate surface area is 168 Å². The molecule has 3 aromatic rings. The van der Waals surface area contributed by atoms with Crippen molar-refractivity contribution in [2.24, 2.45) is 0 Å². The summed E-state index contributed by atoms with van der Waals surface area (Å²) in [7, 11) is 0. The SMILES string of the molecule is CCOc1ccccc1C(=O)OCC(=O)c1cc(C)n(Cc2cccs2)c1C. The van der Waals surface area contributed by atoms with Crippen LogP contribution in [0.25, 0.3) is 0 Å². The molecule has 3 rings (SSSR count). The average molecular weight is 397 g/mol. The van der Waals surface area contributed by atoms with Crippen LogP contribution in [0.2, 0.25) is 0 Å². The molecule has 0 aliphatic heterocycles. The Hall–Kier alpha value is -2.86. The van der Waals surface area contributed by atoms with Gasteiger partial charge in [-0.25, -0.2) is 4.79 Å².